The molecule has 2 aromatic carbocycles. The number of methoxy groups -OCH3 is 1. The highest BCUT2D eigenvalue weighted by Gasteiger charge is 2.22. The van der Waals surface area contributed by atoms with Crippen molar-refractivity contribution in [1.82, 2.24) is 5.32 Å². The van der Waals surface area contributed by atoms with Gasteiger partial charge in [0.15, 0.2) is 0 Å². The number of carbonyl (C=O) groups is 1. The maximum atomic E-state index is 12.6. The lowest BCUT2D eigenvalue weighted by molar-refractivity contribution is 0.0953. The standard InChI is InChI=1S/C22H24N2O4S2/c1-24(30(26,27)21-6-4-16-29-21)19-11-9-18(10-12-19)22(25)23-15-3-5-17-7-13-20(28-2)14-8-17/h4,6-14,16H,3,5,15H2,1-2H3,(H,23,25). The first-order chi connectivity index (χ1) is 14.4. The molecule has 0 bridgehead atoms. The summed E-state index contributed by atoms with van der Waals surface area (Å²) in [5.41, 5.74) is 2.17. The summed E-state index contributed by atoms with van der Waals surface area (Å²) < 4.78 is 31.8. The molecule has 0 atom stereocenters. The number of aryl methyl sites for hydroxylation is 1. The normalized spacial score (nSPS) is 11.1. The largest absolute Gasteiger partial charge is 0.497 e. The Morgan fingerprint density at radius 1 is 1.07 bits per heavy atom. The van der Waals surface area contributed by atoms with Crippen LogP contribution in [0, 0.1) is 0 Å². The zero-order valence-corrected chi connectivity index (χ0v) is 18.5. The molecule has 0 unspecified atom stereocenters. The molecule has 0 aliphatic rings. The number of hydrogen-bond acceptors (Lipinski definition) is 5. The lowest BCUT2D eigenvalue weighted by Gasteiger charge is -2.18. The van der Waals surface area contributed by atoms with Gasteiger partial charge in [-0.15, -0.1) is 11.3 Å². The predicted molar refractivity (Wildman–Crippen MR) is 120 cm³/mol. The Labute approximate surface area is 181 Å². The van der Waals surface area contributed by atoms with Gasteiger partial charge in [0.25, 0.3) is 15.9 Å². The first-order valence-electron chi connectivity index (χ1n) is 9.45. The van der Waals surface area contributed by atoms with Crippen LogP contribution in [-0.2, 0) is 16.4 Å². The minimum Gasteiger partial charge on any atom is -0.497 e. The van der Waals surface area contributed by atoms with E-state index in [2.05, 4.69) is 5.32 Å². The van der Waals surface area contributed by atoms with Crippen LogP contribution in [0.2, 0.25) is 0 Å². The molecule has 0 saturated carbocycles. The minimum absolute atomic E-state index is 0.181. The van der Waals surface area contributed by atoms with Crippen LogP contribution in [0.5, 0.6) is 5.75 Å². The van der Waals surface area contributed by atoms with E-state index in [0.29, 0.717) is 17.8 Å². The highest BCUT2D eigenvalue weighted by atomic mass is 32.2. The lowest BCUT2D eigenvalue weighted by atomic mass is 10.1. The van der Waals surface area contributed by atoms with Gasteiger partial charge in [0, 0.05) is 19.2 Å². The van der Waals surface area contributed by atoms with Gasteiger partial charge in [-0.25, -0.2) is 8.42 Å². The van der Waals surface area contributed by atoms with Crippen molar-refractivity contribution < 1.29 is 17.9 Å². The molecule has 0 radical (unpaired) electrons. The molecule has 1 N–H and O–H groups in total. The number of sulfonamides is 1. The summed E-state index contributed by atoms with van der Waals surface area (Å²) >= 11 is 1.17. The third kappa shape index (κ3) is 5.20. The monoisotopic (exact) mass is 444 g/mol. The summed E-state index contributed by atoms with van der Waals surface area (Å²) in [5, 5.41) is 4.62. The zero-order valence-electron chi connectivity index (χ0n) is 16.9. The average molecular weight is 445 g/mol. The van der Waals surface area contributed by atoms with Crippen LogP contribution in [0.3, 0.4) is 0 Å². The highest BCUT2D eigenvalue weighted by Crippen LogP contribution is 2.25. The van der Waals surface area contributed by atoms with Crippen molar-refractivity contribution in [2.24, 2.45) is 0 Å². The van der Waals surface area contributed by atoms with Crippen LogP contribution in [0.15, 0.2) is 70.3 Å². The Balaban J connectivity index is 1.52. The van der Waals surface area contributed by atoms with E-state index in [1.165, 1.54) is 28.3 Å². The Morgan fingerprint density at radius 3 is 2.37 bits per heavy atom. The highest BCUT2D eigenvalue weighted by molar-refractivity contribution is 7.94. The van der Waals surface area contributed by atoms with E-state index in [-0.39, 0.29) is 10.1 Å². The summed E-state index contributed by atoms with van der Waals surface area (Å²) in [6.07, 6.45) is 1.67. The summed E-state index contributed by atoms with van der Waals surface area (Å²) in [5.74, 6) is 0.643. The molecular weight excluding hydrogens is 420 g/mol. The number of anilines is 1. The number of hydrogen-bond donors (Lipinski definition) is 1. The minimum atomic E-state index is -3.59. The van der Waals surface area contributed by atoms with Gasteiger partial charge in [0.1, 0.15) is 9.96 Å². The van der Waals surface area contributed by atoms with Gasteiger partial charge in [-0.3, -0.25) is 9.10 Å². The van der Waals surface area contributed by atoms with Crippen molar-refractivity contribution >= 4 is 33.0 Å². The topological polar surface area (TPSA) is 75.7 Å². The molecule has 0 aliphatic heterocycles. The van der Waals surface area contributed by atoms with Crippen LogP contribution in [-0.4, -0.2) is 35.0 Å². The van der Waals surface area contributed by atoms with E-state index < -0.39 is 10.0 Å². The van der Waals surface area contributed by atoms with Crippen LogP contribution in [0.4, 0.5) is 5.69 Å². The first-order valence-corrected chi connectivity index (χ1v) is 11.8. The van der Waals surface area contributed by atoms with Crippen molar-refractivity contribution in [3.63, 3.8) is 0 Å². The van der Waals surface area contributed by atoms with Gasteiger partial charge in [0.05, 0.1) is 12.8 Å². The molecule has 0 saturated heterocycles. The molecule has 1 heterocycles. The fraction of sp³-hybridized carbons (Fsp3) is 0.227. The van der Waals surface area contributed by atoms with Gasteiger partial charge >= 0.3 is 0 Å². The Bertz CT molecular complexity index is 1060. The maximum absolute atomic E-state index is 12.6. The molecule has 8 heteroatoms. The third-order valence-electron chi connectivity index (χ3n) is 4.69. The van der Waals surface area contributed by atoms with Crippen molar-refractivity contribution in [2.75, 3.05) is 25.0 Å². The molecule has 0 fully saturated rings. The second kappa shape index (κ2) is 9.77. The number of ether oxygens (including phenoxy) is 1. The summed E-state index contributed by atoms with van der Waals surface area (Å²) in [7, 11) is -0.447. The smallest absolute Gasteiger partial charge is 0.273 e. The van der Waals surface area contributed by atoms with Gasteiger partial charge in [0.2, 0.25) is 0 Å². The molecule has 0 aliphatic carbocycles. The quantitative estimate of drug-likeness (QED) is 0.507. The molecule has 1 amide bonds. The second-order valence-electron chi connectivity index (χ2n) is 6.66. The van der Waals surface area contributed by atoms with E-state index in [1.807, 2.05) is 24.3 Å². The fourth-order valence-electron chi connectivity index (χ4n) is 2.90. The SMILES string of the molecule is COc1ccc(CCCNC(=O)c2ccc(N(C)S(=O)(=O)c3cccs3)cc2)cc1. The van der Waals surface area contributed by atoms with E-state index in [1.54, 1.807) is 48.9 Å². The van der Waals surface area contributed by atoms with Crippen molar-refractivity contribution in [3.8, 4) is 5.75 Å². The number of nitrogens with zero attached hydrogens (tertiary/aromatic N) is 1. The van der Waals surface area contributed by atoms with Crippen molar-refractivity contribution in [3.05, 3.63) is 77.2 Å². The average Bonchev–Trinajstić information content (AvgIpc) is 3.32. The Kier molecular flexibility index (Phi) is 7.12. The van der Waals surface area contributed by atoms with Crippen LogP contribution in [0.25, 0.3) is 0 Å². The molecule has 1 aromatic heterocycles. The number of amides is 1. The first kappa shape index (κ1) is 21.9. The van der Waals surface area contributed by atoms with Gasteiger partial charge in [-0.2, -0.15) is 0 Å². The van der Waals surface area contributed by atoms with Crippen LogP contribution >= 0.6 is 11.3 Å². The number of benzene rings is 2. The predicted octanol–water partition coefficient (Wildman–Crippen LogP) is 3.94. The number of rotatable bonds is 9. The molecule has 3 rings (SSSR count). The molecule has 6 nitrogen and oxygen atoms in total. The fourth-order valence-corrected chi connectivity index (χ4v) is 5.25. The molecule has 0 spiro atoms. The molecular formula is C22H24N2O4S2. The van der Waals surface area contributed by atoms with E-state index in [9.17, 15) is 13.2 Å². The second-order valence-corrected chi connectivity index (χ2v) is 9.80. The molecule has 30 heavy (non-hydrogen) atoms. The summed E-state index contributed by atoms with van der Waals surface area (Å²) in [6, 6.07) is 17.7. The van der Waals surface area contributed by atoms with E-state index >= 15 is 0 Å². The van der Waals surface area contributed by atoms with Gasteiger partial charge in [-0.1, -0.05) is 18.2 Å². The maximum Gasteiger partial charge on any atom is 0.273 e. The van der Waals surface area contributed by atoms with Crippen molar-refractivity contribution in [1.29, 1.82) is 0 Å². The molecule has 3 aromatic rings. The van der Waals surface area contributed by atoms with Crippen molar-refractivity contribution in [2.45, 2.75) is 17.1 Å². The Morgan fingerprint density at radius 2 is 1.77 bits per heavy atom. The summed E-state index contributed by atoms with van der Waals surface area (Å²) in [6.45, 7) is 0.555. The number of nitrogens with one attached hydrogen (secondary N) is 1. The van der Waals surface area contributed by atoms with Gasteiger partial charge in [-0.05, 0) is 66.2 Å². The lowest BCUT2D eigenvalue weighted by Crippen LogP contribution is -2.26. The summed E-state index contributed by atoms with van der Waals surface area (Å²) in [4.78, 5) is 12.3. The zero-order chi connectivity index (χ0) is 21.6. The number of carbonyl (C=O) groups excluding carboxylic acids is 1. The molecule has 158 valence electrons. The van der Waals surface area contributed by atoms with E-state index in [0.717, 1.165) is 18.6 Å². The van der Waals surface area contributed by atoms with Gasteiger partial charge < -0.3 is 10.1 Å². The van der Waals surface area contributed by atoms with E-state index in [4.69, 9.17) is 4.74 Å². The van der Waals surface area contributed by atoms with Crippen LogP contribution < -0.4 is 14.4 Å². The number of thiophene rings is 1. The third-order valence-corrected chi connectivity index (χ3v) is 7.85. The van der Waals surface area contributed by atoms with Crippen LogP contribution in [0.1, 0.15) is 22.3 Å². The Hall–Kier alpha value is -2.84.